The first-order valence-electron chi connectivity index (χ1n) is 7.65. The average molecular weight is 371 g/mol. The Hall–Kier alpha value is -2.14. The van der Waals surface area contributed by atoms with Crippen molar-refractivity contribution in [2.24, 2.45) is 4.99 Å². The smallest absolute Gasteiger partial charge is 0.151 e. The van der Waals surface area contributed by atoms with Crippen LogP contribution in [0.3, 0.4) is 0 Å². The van der Waals surface area contributed by atoms with E-state index in [1.807, 2.05) is 24.3 Å². The summed E-state index contributed by atoms with van der Waals surface area (Å²) in [6, 6.07) is 7.39. The third-order valence-corrected chi connectivity index (χ3v) is 4.79. The second-order valence-corrected chi connectivity index (χ2v) is 6.51. The molecule has 4 rings (SSSR count). The van der Waals surface area contributed by atoms with E-state index in [1.165, 1.54) is 5.56 Å². The lowest BCUT2D eigenvalue weighted by atomic mass is 9.94. The number of pyridine rings is 1. The van der Waals surface area contributed by atoms with Gasteiger partial charge in [-0.25, -0.2) is 9.98 Å². The van der Waals surface area contributed by atoms with Crippen LogP contribution in [-0.4, -0.2) is 16.3 Å². The van der Waals surface area contributed by atoms with Gasteiger partial charge in [-0.1, -0.05) is 6.07 Å². The van der Waals surface area contributed by atoms with Crippen LogP contribution < -0.4 is 0 Å². The van der Waals surface area contributed by atoms with Crippen molar-refractivity contribution in [3.05, 3.63) is 51.8 Å². The van der Waals surface area contributed by atoms with E-state index in [0.717, 1.165) is 42.4 Å². The Kier molecular flexibility index (Phi) is 3.65. The molecule has 0 saturated heterocycles. The molecule has 23 heavy (non-hydrogen) atoms. The average Bonchev–Trinajstić information content (AvgIpc) is 2.94. The van der Waals surface area contributed by atoms with Crippen molar-refractivity contribution in [3.8, 4) is 5.75 Å². The highest BCUT2D eigenvalue weighted by molar-refractivity contribution is 9.10. The monoisotopic (exact) mass is 370 g/mol. The Morgan fingerprint density at radius 1 is 1.26 bits per heavy atom. The fraction of sp³-hybridized carbons (Fsp3) is 0.222. The summed E-state index contributed by atoms with van der Waals surface area (Å²) in [6.07, 6.45) is 7.61. The van der Waals surface area contributed by atoms with Crippen molar-refractivity contribution in [3.63, 3.8) is 0 Å². The van der Waals surface area contributed by atoms with Gasteiger partial charge in [0.25, 0.3) is 0 Å². The number of rotatable bonds is 2. The lowest BCUT2D eigenvalue weighted by Crippen LogP contribution is -1.99. The fourth-order valence-electron chi connectivity index (χ4n) is 3.10. The van der Waals surface area contributed by atoms with Gasteiger partial charge in [-0.3, -0.25) is 0 Å². The van der Waals surface area contributed by atoms with Crippen LogP contribution in [0.2, 0.25) is 0 Å². The topological polar surface area (TPSA) is 58.6 Å². The van der Waals surface area contributed by atoms with Crippen LogP contribution in [0.25, 0.3) is 11.0 Å². The fourth-order valence-corrected chi connectivity index (χ4v) is 3.52. The lowest BCUT2D eigenvalue weighted by Gasteiger charge is -2.10. The standard InChI is InChI=1S/C18H15BrN2O2/c19-13-9-15-17(11-5-1-2-6-14(11)23-15)12(18(13)22)10-21-16-7-3-4-8-20-16/h3-4,7-10,22H,1-2,5-6H2/b21-10+. The first kappa shape index (κ1) is 14.5. The predicted molar refractivity (Wildman–Crippen MR) is 93.7 cm³/mol. The van der Waals surface area contributed by atoms with E-state index in [2.05, 4.69) is 25.9 Å². The minimum absolute atomic E-state index is 0.186. The first-order valence-corrected chi connectivity index (χ1v) is 8.44. The third kappa shape index (κ3) is 2.55. The number of aryl methyl sites for hydroxylation is 2. The summed E-state index contributed by atoms with van der Waals surface area (Å²) in [7, 11) is 0. The van der Waals surface area contributed by atoms with Crippen LogP contribution in [0.1, 0.15) is 29.7 Å². The van der Waals surface area contributed by atoms with Crippen molar-refractivity contribution < 1.29 is 9.52 Å². The summed E-state index contributed by atoms with van der Waals surface area (Å²) < 4.78 is 6.61. The van der Waals surface area contributed by atoms with Gasteiger partial charge in [-0.05, 0) is 53.4 Å². The van der Waals surface area contributed by atoms with Crippen LogP contribution in [0.4, 0.5) is 5.82 Å². The summed E-state index contributed by atoms with van der Waals surface area (Å²) in [5, 5.41) is 11.5. The van der Waals surface area contributed by atoms with Gasteiger partial charge >= 0.3 is 0 Å². The van der Waals surface area contributed by atoms with Gasteiger partial charge in [-0.15, -0.1) is 0 Å². The van der Waals surface area contributed by atoms with Gasteiger partial charge in [0.2, 0.25) is 0 Å². The number of benzene rings is 1. The van der Waals surface area contributed by atoms with E-state index in [1.54, 1.807) is 12.4 Å². The highest BCUT2D eigenvalue weighted by atomic mass is 79.9. The van der Waals surface area contributed by atoms with Crippen LogP contribution in [0, 0.1) is 0 Å². The maximum atomic E-state index is 10.5. The molecule has 116 valence electrons. The van der Waals surface area contributed by atoms with Crippen LogP contribution in [0.15, 0.2) is 44.3 Å². The zero-order chi connectivity index (χ0) is 15.8. The summed E-state index contributed by atoms with van der Waals surface area (Å²) in [5.41, 5.74) is 2.69. The Labute approximate surface area is 142 Å². The molecule has 0 amide bonds. The molecule has 5 heteroatoms. The molecule has 0 spiro atoms. The molecular weight excluding hydrogens is 356 g/mol. The SMILES string of the molecule is Oc1c(Br)cc2oc3c(c2c1/C=N/c1ccccn1)CCCC3. The number of halogens is 1. The Morgan fingerprint density at radius 2 is 2.13 bits per heavy atom. The third-order valence-electron chi connectivity index (χ3n) is 4.18. The summed E-state index contributed by atoms with van der Waals surface area (Å²) in [4.78, 5) is 8.58. The normalized spacial score (nSPS) is 14.5. The van der Waals surface area contributed by atoms with Gasteiger partial charge in [0, 0.05) is 35.3 Å². The van der Waals surface area contributed by atoms with Gasteiger partial charge in [0.1, 0.15) is 17.1 Å². The van der Waals surface area contributed by atoms with Crippen molar-refractivity contribution in [1.82, 2.24) is 4.98 Å². The van der Waals surface area contributed by atoms with Crippen LogP contribution in [-0.2, 0) is 12.8 Å². The highest BCUT2D eigenvalue weighted by Gasteiger charge is 2.22. The summed E-state index contributed by atoms with van der Waals surface area (Å²) in [5.74, 6) is 1.83. The van der Waals surface area contributed by atoms with Gasteiger partial charge in [-0.2, -0.15) is 0 Å². The van der Waals surface area contributed by atoms with Crippen molar-refractivity contribution >= 4 is 38.9 Å². The lowest BCUT2D eigenvalue weighted by molar-refractivity contribution is 0.471. The second kappa shape index (κ2) is 5.81. The van der Waals surface area contributed by atoms with Crippen LogP contribution >= 0.6 is 15.9 Å². The minimum Gasteiger partial charge on any atom is -0.506 e. The number of aliphatic imine (C=N–C) groups is 1. The molecule has 0 radical (unpaired) electrons. The maximum absolute atomic E-state index is 10.5. The molecule has 1 aromatic carbocycles. The Bertz CT molecular complexity index is 901. The molecular formula is C18H15BrN2O2. The number of nitrogens with zero attached hydrogens (tertiary/aromatic N) is 2. The minimum atomic E-state index is 0.186. The van der Waals surface area contributed by atoms with Crippen molar-refractivity contribution in [2.45, 2.75) is 25.7 Å². The molecule has 2 heterocycles. The molecule has 1 aliphatic rings. The number of hydrogen-bond acceptors (Lipinski definition) is 4. The molecule has 1 aliphatic carbocycles. The molecule has 0 saturated carbocycles. The number of fused-ring (bicyclic) bond motifs is 3. The molecule has 0 bridgehead atoms. The zero-order valence-corrected chi connectivity index (χ0v) is 14.0. The summed E-state index contributed by atoms with van der Waals surface area (Å²) in [6.45, 7) is 0. The molecule has 3 aromatic rings. The Balaban J connectivity index is 1.91. The van der Waals surface area contributed by atoms with Crippen LogP contribution in [0.5, 0.6) is 5.75 Å². The number of furan rings is 1. The van der Waals surface area contributed by atoms with Crippen molar-refractivity contribution in [1.29, 1.82) is 0 Å². The van der Waals surface area contributed by atoms with E-state index in [0.29, 0.717) is 15.9 Å². The largest absolute Gasteiger partial charge is 0.506 e. The van der Waals surface area contributed by atoms with Gasteiger partial charge < -0.3 is 9.52 Å². The summed E-state index contributed by atoms with van der Waals surface area (Å²) >= 11 is 3.40. The maximum Gasteiger partial charge on any atom is 0.151 e. The molecule has 2 aromatic heterocycles. The highest BCUT2D eigenvalue weighted by Crippen LogP contribution is 2.40. The number of phenolic OH excluding ortho intramolecular Hbond substituents is 1. The van der Waals surface area contributed by atoms with E-state index in [9.17, 15) is 5.11 Å². The van der Waals surface area contributed by atoms with E-state index in [-0.39, 0.29) is 5.75 Å². The molecule has 0 fully saturated rings. The number of hydrogen-bond donors (Lipinski definition) is 1. The van der Waals surface area contributed by atoms with E-state index < -0.39 is 0 Å². The van der Waals surface area contributed by atoms with Gasteiger partial charge in [0.15, 0.2) is 5.82 Å². The molecule has 1 N–H and O–H groups in total. The second-order valence-electron chi connectivity index (χ2n) is 5.65. The zero-order valence-electron chi connectivity index (χ0n) is 12.4. The molecule has 0 aliphatic heterocycles. The number of aromatic hydroxyl groups is 1. The number of phenols is 1. The van der Waals surface area contributed by atoms with Gasteiger partial charge in [0.05, 0.1) is 4.47 Å². The molecule has 0 unspecified atom stereocenters. The number of aromatic nitrogens is 1. The molecule has 0 atom stereocenters. The first-order chi connectivity index (χ1) is 11.2. The quantitative estimate of drug-likeness (QED) is 0.650. The van der Waals surface area contributed by atoms with E-state index in [4.69, 9.17) is 4.42 Å². The Morgan fingerprint density at radius 3 is 2.96 bits per heavy atom. The van der Waals surface area contributed by atoms with E-state index >= 15 is 0 Å². The molecule has 4 nitrogen and oxygen atoms in total. The predicted octanol–water partition coefficient (Wildman–Crippen LogP) is 4.93. The van der Waals surface area contributed by atoms with Crippen molar-refractivity contribution in [2.75, 3.05) is 0 Å².